The molecule has 3 aromatic rings. The molecule has 24 heavy (non-hydrogen) atoms. The minimum atomic E-state index is -0.202. The third-order valence-corrected chi connectivity index (χ3v) is 3.94. The van der Waals surface area contributed by atoms with Crippen molar-refractivity contribution in [2.75, 3.05) is 5.32 Å². The van der Waals surface area contributed by atoms with E-state index in [2.05, 4.69) is 20.6 Å². The molecule has 5 nitrogen and oxygen atoms in total. The zero-order valence-electron chi connectivity index (χ0n) is 14.2. The Labute approximate surface area is 140 Å². The van der Waals surface area contributed by atoms with Crippen molar-refractivity contribution in [1.29, 1.82) is 0 Å². The molecule has 0 aliphatic rings. The second kappa shape index (κ2) is 6.39. The van der Waals surface area contributed by atoms with Gasteiger partial charge in [0.15, 0.2) is 5.82 Å². The third kappa shape index (κ3) is 3.27. The van der Waals surface area contributed by atoms with Crippen LogP contribution in [0.1, 0.15) is 35.5 Å². The van der Waals surface area contributed by atoms with E-state index in [1.807, 2.05) is 45.0 Å². The molecule has 0 bridgehead atoms. The van der Waals surface area contributed by atoms with Crippen molar-refractivity contribution in [3.05, 3.63) is 64.7 Å². The molecule has 1 aromatic carbocycles. The quantitative estimate of drug-likeness (QED) is 0.790. The van der Waals surface area contributed by atoms with Gasteiger partial charge in [0, 0.05) is 5.69 Å². The normalized spacial score (nSPS) is 12.2. The van der Waals surface area contributed by atoms with Crippen LogP contribution in [0.4, 0.5) is 10.2 Å². The Morgan fingerprint density at radius 1 is 1.04 bits per heavy atom. The number of halogens is 1. The second-order valence-electron chi connectivity index (χ2n) is 5.99. The van der Waals surface area contributed by atoms with E-state index in [1.54, 1.807) is 23.7 Å². The van der Waals surface area contributed by atoms with Crippen LogP contribution in [0.3, 0.4) is 0 Å². The molecule has 0 saturated heterocycles. The molecule has 0 spiro atoms. The Hall–Kier alpha value is -2.76. The van der Waals surface area contributed by atoms with E-state index in [0.717, 1.165) is 17.0 Å². The highest BCUT2D eigenvalue weighted by Crippen LogP contribution is 2.20. The second-order valence-corrected chi connectivity index (χ2v) is 5.99. The highest BCUT2D eigenvalue weighted by atomic mass is 19.1. The van der Waals surface area contributed by atoms with Crippen LogP contribution in [-0.2, 0) is 0 Å². The first-order chi connectivity index (χ1) is 11.4. The summed E-state index contributed by atoms with van der Waals surface area (Å²) >= 11 is 0. The van der Waals surface area contributed by atoms with Crippen molar-refractivity contribution in [3.8, 4) is 5.82 Å². The molecular weight excluding hydrogens is 305 g/mol. The maximum absolute atomic E-state index is 13.7. The van der Waals surface area contributed by atoms with Crippen LogP contribution >= 0.6 is 0 Å². The van der Waals surface area contributed by atoms with Crippen molar-refractivity contribution in [1.82, 2.24) is 20.0 Å². The van der Waals surface area contributed by atoms with Crippen LogP contribution in [0.15, 0.2) is 36.4 Å². The van der Waals surface area contributed by atoms with E-state index in [9.17, 15) is 4.39 Å². The molecule has 0 aliphatic carbocycles. The van der Waals surface area contributed by atoms with Gasteiger partial charge in [0.2, 0.25) is 0 Å². The zero-order chi connectivity index (χ0) is 17.3. The number of aryl methyl sites for hydroxylation is 3. The molecule has 124 valence electrons. The largest absolute Gasteiger partial charge is 0.362 e. The molecule has 2 heterocycles. The van der Waals surface area contributed by atoms with E-state index in [1.165, 1.54) is 0 Å². The van der Waals surface area contributed by atoms with Gasteiger partial charge in [0.05, 0.1) is 11.7 Å². The van der Waals surface area contributed by atoms with E-state index in [4.69, 9.17) is 0 Å². The van der Waals surface area contributed by atoms with Gasteiger partial charge in [-0.3, -0.25) is 0 Å². The maximum Gasteiger partial charge on any atom is 0.176 e. The fourth-order valence-electron chi connectivity index (χ4n) is 2.56. The number of nitrogens with one attached hydrogen (secondary N) is 1. The fraction of sp³-hybridized carbons (Fsp3) is 0.278. The first-order valence-corrected chi connectivity index (χ1v) is 7.84. The average molecular weight is 325 g/mol. The van der Waals surface area contributed by atoms with Gasteiger partial charge >= 0.3 is 0 Å². The lowest BCUT2D eigenvalue weighted by molar-refractivity contribution is 0.614. The predicted molar refractivity (Wildman–Crippen MR) is 91.8 cm³/mol. The van der Waals surface area contributed by atoms with Crippen LogP contribution in [0, 0.1) is 26.6 Å². The van der Waals surface area contributed by atoms with Crippen LogP contribution in [-0.4, -0.2) is 20.0 Å². The highest BCUT2D eigenvalue weighted by molar-refractivity contribution is 5.40. The number of nitrogens with zero attached hydrogens (tertiary/aromatic N) is 4. The molecule has 0 saturated carbocycles. The van der Waals surface area contributed by atoms with Gasteiger partial charge in [-0.05, 0) is 63.1 Å². The molecule has 0 radical (unpaired) electrons. The first kappa shape index (κ1) is 16.1. The number of rotatable bonds is 4. The number of hydrogen-bond acceptors (Lipinski definition) is 4. The Kier molecular flexibility index (Phi) is 4.29. The lowest BCUT2D eigenvalue weighted by Gasteiger charge is -2.15. The zero-order valence-corrected chi connectivity index (χ0v) is 14.2. The lowest BCUT2D eigenvalue weighted by atomic mass is 10.1. The number of anilines is 1. The van der Waals surface area contributed by atoms with Crippen LogP contribution in [0.5, 0.6) is 0 Å². The molecule has 3 rings (SSSR count). The molecular formula is C18H20FN5. The molecule has 1 atom stereocenters. The van der Waals surface area contributed by atoms with Gasteiger partial charge in [0.25, 0.3) is 0 Å². The molecule has 0 aliphatic heterocycles. The first-order valence-electron chi connectivity index (χ1n) is 7.84. The smallest absolute Gasteiger partial charge is 0.176 e. The maximum atomic E-state index is 13.7. The monoisotopic (exact) mass is 325 g/mol. The Balaban J connectivity index is 1.76. The standard InChI is InChI=1S/C18H20FN5/c1-11-5-6-15(10-16(11)19)14(4)20-17-7-8-18(22-21-17)24-13(3)9-12(2)23-24/h5-10,14H,1-4H3,(H,20,21). The predicted octanol–water partition coefficient (Wildman–Crippen LogP) is 3.90. The van der Waals surface area contributed by atoms with E-state index in [0.29, 0.717) is 17.2 Å². The van der Waals surface area contributed by atoms with Crippen molar-refractivity contribution in [3.63, 3.8) is 0 Å². The molecule has 2 aromatic heterocycles. The van der Waals surface area contributed by atoms with Gasteiger partial charge in [-0.1, -0.05) is 12.1 Å². The van der Waals surface area contributed by atoms with E-state index >= 15 is 0 Å². The van der Waals surface area contributed by atoms with Crippen molar-refractivity contribution in [2.24, 2.45) is 0 Å². The average Bonchev–Trinajstić information content (AvgIpc) is 2.89. The van der Waals surface area contributed by atoms with Gasteiger partial charge in [-0.15, -0.1) is 10.2 Å². The summed E-state index contributed by atoms with van der Waals surface area (Å²) in [6.45, 7) is 7.62. The topological polar surface area (TPSA) is 55.6 Å². The van der Waals surface area contributed by atoms with Crippen molar-refractivity contribution >= 4 is 5.82 Å². The minimum absolute atomic E-state index is 0.0751. The van der Waals surface area contributed by atoms with Crippen molar-refractivity contribution < 1.29 is 4.39 Å². The molecule has 0 fully saturated rings. The van der Waals surface area contributed by atoms with Crippen LogP contribution < -0.4 is 5.32 Å². The minimum Gasteiger partial charge on any atom is -0.362 e. The Morgan fingerprint density at radius 3 is 2.42 bits per heavy atom. The van der Waals surface area contributed by atoms with Gasteiger partial charge < -0.3 is 5.32 Å². The SMILES string of the molecule is Cc1cc(C)n(-c2ccc(NC(C)c3ccc(C)c(F)c3)nn2)n1. The third-order valence-electron chi connectivity index (χ3n) is 3.94. The Bertz CT molecular complexity index is 854. The summed E-state index contributed by atoms with van der Waals surface area (Å²) < 4.78 is 15.4. The lowest BCUT2D eigenvalue weighted by Crippen LogP contribution is -2.10. The number of aromatic nitrogens is 4. The molecule has 0 amide bonds. The molecule has 6 heteroatoms. The summed E-state index contributed by atoms with van der Waals surface area (Å²) in [6, 6.07) is 10.9. The van der Waals surface area contributed by atoms with Gasteiger partial charge in [-0.25, -0.2) is 9.07 Å². The van der Waals surface area contributed by atoms with Crippen LogP contribution in [0.25, 0.3) is 5.82 Å². The van der Waals surface area contributed by atoms with Crippen LogP contribution in [0.2, 0.25) is 0 Å². The highest BCUT2D eigenvalue weighted by Gasteiger charge is 2.10. The van der Waals surface area contributed by atoms with Gasteiger partial charge in [-0.2, -0.15) is 5.10 Å². The summed E-state index contributed by atoms with van der Waals surface area (Å²) in [6.07, 6.45) is 0. The summed E-state index contributed by atoms with van der Waals surface area (Å²) in [5.74, 6) is 1.10. The summed E-state index contributed by atoms with van der Waals surface area (Å²) in [5, 5.41) is 16.0. The van der Waals surface area contributed by atoms with E-state index < -0.39 is 0 Å². The van der Waals surface area contributed by atoms with Crippen molar-refractivity contribution in [2.45, 2.75) is 33.7 Å². The number of benzene rings is 1. The summed E-state index contributed by atoms with van der Waals surface area (Å²) in [7, 11) is 0. The molecule has 1 N–H and O–H groups in total. The molecule has 1 unspecified atom stereocenters. The summed E-state index contributed by atoms with van der Waals surface area (Å²) in [4.78, 5) is 0. The van der Waals surface area contributed by atoms with Gasteiger partial charge in [0.1, 0.15) is 11.6 Å². The summed E-state index contributed by atoms with van der Waals surface area (Å²) in [5.41, 5.74) is 3.44. The Morgan fingerprint density at radius 2 is 1.83 bits per heavy atom. The van der Waals surface area contributed by atoms with E-state index in [-0.39, 0.29) is 11.9 Å². The number of hydrogen-bond donors (Lipinski definition) is 1. The fourth-order valence-corrected chi connectivity index (χ4v) is 2.56.